The van der Waals surface area contributed by atoms with Crippen LogP contribution < -0.4 is 10.6 Å². The van der Waals surface area contributed by atoms with E-state index in [2.05, 4.69) is 18.0 Å². The van der Waals surface area contributed by atoms with E-state index in [4.69, 9.17) is 5.73 Å². The molecule has 3 heteroatoms. The SMILES string of the molecule is Cc1ccccc1N(C)C(N)=NC(C)(C)C. The summed E-state index contributed by atoms with van der Waals surface area (Å²) in [4.78, 5) is 6.36. The van der Waals surface area contributed by atoms with Gasteiger partial charge in [-0.3, -0.25) is 0 Å². The van der Waals surface area contributed by atoms with E-state index in [1.807, 2.05) is 50.9 Å². The molecular weight excluding hydrogens is 198 g/mol. The molecule has 1 aromatic rings. The maximum atomic E-state index is 5.98. The highest BCUT2D eigenvalue weighted by Crippen LogP contribution is 2.18. The number of nitrogens with two attached hydrogens (primary N) is 1. The molecule has 0 unspecified atom stereocenters. The number of anilines is 1. The number of hydrogen-bond donors (Lipinski definition) is 1. The minimum Gasteiger partial charge on any atom is -0.370 e. The molecule has 0 radical (unpaired) electrons. The Morgan fingerprint density at radius 1 is 1.25 bits per heavy atom. The zero-order valence-electron chi connectivity index (χ0n) is 10.8. The zero-order chi connectivity index (χ0) is 12.3. The Balaban J connectivity index is 2.99. The van der Waals surface area contributed by atoms with Crippen LogP contribution in [0.5, 0.6) is 0 Å². The van der Waals surface area contributed by atoms with Gasteiger partial charge < -0.3 is 10.6 Å². The van der Waals surface area contributed by atoms with Crippen LogP contribution in [0, 0.1) is 6.92 Å². The molecule has 0 aliphatic carbocycles. The summed E-state index contributed by atoms with van der Waals surface area (Å²) in [5.74, 6) is 0.543. The molecular formula is C13H21N3. The van der Waals surface area contributed by atoms with Crippen LogP contribution in [0.15, 0.2) is 29.3 Å². The second-order valence-electron chi connectivity index (χ2n) is 4.99. The topological polar surface area (TPSA) is 41.6 Å². The molecule has 0 amide bonds. The van der Waals surface area contributed by atoms with Gasteiger partial charge in [-0.05, 0) is 39.3 Å². The van der Waals surface area contributed by atoms with Crippen molar-refractivity contribution in [1.29, 1.82) is 0 Å². The van der Waals surface area contributed by atoms with Crippen molar-refractivity contribution in [2.75, 3.05) is 11.9 Å². The Labute approximate surface area is 98.0 Å². The van der Waals surface area contributed by atoms with Crippen LogP contribution in [0.2, 0.25) is 0 Å². The van der Waals surface area contributed by atoms with Crippen molar-refractivity contribution in [3.05, 3.63) is 29.8 Å². The van der Waals surface area contributed by atoms with Crippen molar-refractivity contribution in [1.82, 2.24) is 0 Å². The van der Waals surface area contributed by atoms with E-state index in [-0.39, 0.29) is 5.54 Å². The summed E-state index contributed by atoms with van der Waals surface area (Å²) in [6, 6.07) is 8.13. The fourth-order valence-corrected chi connectivity index (χ4v) is 1.48. The minimum absolute atomic E-state index is 0.152. The first kappa shape index (κ1) is 12.6. The summed E-state index contributed by atoms with van der Waals surface area (Å²) in [6.07, 6.45) is 0. The summed E-state index contributed by atoms with van der Waals surface area (Å²) in [5.41, 5.74) is 8.11. The summed E-state index contributed by atoms with van der Waals surface area (Å²) in [6.45, 7) is 8.17. The van der Waals surface area contributed by atoms with Crippen molar-refractivity contribution in [3.63, 3.8) is 0 Å². The van der Waals surface area contributed by atoms with E-state index in [0.717, 1.165) is 5.69 Å². The van der Waals surface area contributed by atoms with Crippen LogP contribution >= 0.6 is 0 Å². The molecule has 1 aromatic carbocycles. The first-order valence-electron chi connectivity index (χ1n) is 5.46. The van der Waals surface area contributed by atoms with Crippen molar-refractivity contribution in [3.8, 4) is 0 Å². The minimum atomic E-state index is -0.152. The third-order valence-corrected chi connectivity index (χ3v) is 2.27. The van der Waals surface area contributed by atoms with E-state index in [1.54, 1.807) is 0 Å². The molecule has 0 heterocycles. The standard InChI is InChI=1S/C13H21N3/c1-10-8-6-7-9-11(10)16(5)12(14)15-13(2,3)4/h6-9H,1-5H3,(H2,14,15). The maximum absolute atomic E-state index is 5.98. The summed E-state index contributed by atoms with van der Waals surface area (Å²) in [7, 11) is 1.94. The highest BCUT2D eigenvalue weighted by molar-refractivity contribution is 5.95. The number of guanidine groups is 1. The number of hydrogen-bond acceptors (Lipinski definition) is 1. The van der Waals surface area contributed by atoms with Gasteiger partial charge in [-0.15, -0.1) is 0 Å². The number of rotatable bonds is 1. The monoisotopic (exact) mass is 219 g/mol. The molecule has 0 bridgehead atoms. The lowest BCUT2D eigenvalue weighted by Crippen LogP contribution is -2.36. The molecule has 0 saturated carbocycles. The molecule has 0 atom stereocenters. The van der Waals surface area contributed by atoms with Crippen molar-refractivity contribution >= 4 is 11.6 Å². The first-order chi connectivity index (χ1) is 7.31. The van der Waals surface area contributed by atoms with E-state index in [1.165, 1.54) is 5.56 Å². The zero-order valence-corrected chi connectivity index (χ0v) is 10.8. The first-order valence-corrected chi connectivity index (χ1v) is 5.46. The van der Waals surface area contributed by atoms with Crippen LogP contribution in [0.25, 0.3) is 0 Å². The lowest BCUT2D eigenvalue weighted by molar-refractivity contribution is 0.581. The molecule has 0 fully saturated rings. The smallest absolute Gasteiger partial charge is 0.196 e. The number of para-hydroxylation sites is 1. The maximum Gasteiger partial charge on any atom is 0.196 e. The Morgan fingerprint density at radius 2 is 1.81 bits per heavy atom. The van der Waals surface area contributed by atoms with Crippen LogP contribution in [0.3, 0.4) is 0 Å². The molecule has 0 saturated heterocycles. The van der Waals surface area contributed by atoms with Crippen LogP contribution in [-0.2, 0) is 0 Å². The third kappa shape index (κ3) is 3.26. The Morgan fingerprint density at radius 3 is 2.31 bits per heavy atom. The van der Waals surface area contributed by atoms with Gasteiger partial charge in [-0.2, -0.15) is 0 Å². The molecule has 0 aliphatic heterocycles. The second-order valence-corrected chi connectivity index (χ2v) is 4.99. The molecule has 1 rings (SSSR count). The summed E-state index contributed by atoms with van der Waals surface area (Å²) >= 11 is 0. The molecule has 3 nitrogen and oxygen atoms in total. The Bertz CT molecular complexity index is 388. The number of nitrogens with zero attached hydrogens (tertiary/aromatic N) is 2. The number of aliphatic imine (C=N–C) groups is 1. The van der Waals surface area contributed by atoms with E-state index in [0.29, 0.717) is 5.96 Å². The van der Waals surface area contributed by atoms with Gasteiger partial charge in [0.05, 0.1) is 5.54 Å². The normalized spacial score (nSPS) is 12.7. The number of aryl methyl sites for hydroxylation is 1. The fraction of sp³-hybridized carbons (Fsp3) is 0.462. The second kappa shape index (κ2) is 4.56. The van der Waals surface area contributed by atoms with E-state index < -0.39 is 0 Å². The quantitative estimate of drug-likeness (QED) is 0.582. The highest BCUT2D eigenvalue weighted by Gasteiger charge is 2.12. The Hall–Kier alpha value is -1.51. The van der Waals surface area contributed by atoms with Gasteiger partial charge in [-0.25, -0.2) is 4.99 Å². The van der Waals surface area contributed by atoms with Gasteiger partial charge in [0.2, 0.25) is 0 Å². The molecule has 0 aromatic heterocycles. The van der Waals surface area contributed by atoms with Gasteiger partial charge in [0.25, 0.3) is 0 Å². The van der Waals surface area contributed by atoms with Crippen molar-refractivity contribution in [2.24, 2.45) is 10.7 Å². The highest BCUT2D eigenvalue weighted by atomic mass is 15.2. The lowest BCUT2D eigenvalue weighted by Gasteiger charge is -2.23. The van der Waals surface area contributed by atoms with Gasteiger partial charge in [0.1, 0.15) is 0 Å². The molecule has 16 heavy (non-hydrogen) atoms. The van der Waals surface area contributed by atoms with Crippen LogP contribution in [-0.4, -0.2) is 18.5 Å². The largest absolute Gasteiger partial charge is 0.370 e. The van der Waals surface area contributed by atoms with Gasteiger partial charge in [-0.1, -0.05) is 18.2 Å². The molecule has 0 spiro atoms. The molecule has 0 aliphatic rings. The lowest BCUT2D eigenvalue weighted by atomic mass is 10.1. The average molecular weight is 219 g/mol. The van der Waals surface area contributed by atoms with E-state index >= 15 is 0 Å². The van der Waals surface area contributed by atoms with Gasteiger partial charge in [0.15, 0.2) is 5.96 Å². The van der Waals surface area contributed by atoms with Crippen LogP contribution in [0.4, 0.5) is 5.69 Å². The van der Waals surface area contributed by atoms with Crippen molar-refractivity contribution < 1.29 is 0 Å². The number of benzene rings is 1. The summed E-state index contributed by atoms with van der Waals surface area (Å²) < 4.78 is 0. The van der Waals surface area contributed by atoms with Gasteiger partial charge in [0, 0.05) is 12.7 Å². The summed E-state index contributed by atoms with van der Waals surface area (Å²) in [5, 5.41) is 0. The average Bonchev–Trinajstić information content (AvgIpc) is 2.15. The van der Waals surface area contributed by atoms with Gasteiger partial charge >= 0.3 is 0 Å². The molecule has 2 N–H and O–H groups in total. The Kier molecular flexibility index (Phi) is 3.58. The predicted molar refractivity (Wildman–Crippen MR) is 71.0 cm³/mol. The fourth-order valence-electron chi connectivity index (χ4n) is 1.48. The predicted octanol–water partition coefficient (Wildman–Crippen LogP) is 2.54. The molecule has 88 valence electrons. The van der Waals surface area contributed by atoms with Crippen molar-refractivity contribution in [2.45, 2.75) is 33.2 Å². The van der Waals surface area contributed by atoms with E-state index in [9.17, 15) is 0 Å². The van der Waals surface area contributed by atoms with Crippen LogP contribution in [0.1, 0.15) is 26.3 Å². The third-order valence-electron chi connectivity index (χ3n) is 2.27.